The first-order chi connectivity index (χ1) is 6.76. The molecule has 14 heavy (non-hydrogen) atoms. The van der Waals surface area contributed by atoms with Crippen molar-refractivity contribution in [1.82, 2.24) is 0 Å². The first kappa shape index (κ1) is 8.81. The predicted octanol–water partition coefficient (Wildman–Crippen LogP) is 2.56. The van der Waals surface area contributed by atoms with E-state index < -0.39 is 0 Å². The Kier molecular flexibility index (Phi) is 2.00. The molecule has 3 nitrogen and oxygen atoms in total. The molecule has 1 aromatic heterocycles. The first-order valence-electron chi connectivity index (χ1n) is 4.28. The second-order valence-corrected chi connectivity index (χ2v) is 3.07. The van der Waals surface area contributed by atoms with Gasteiger partial charge in [0.25, 0.3) is 0 Å². The van der Waals surface area contributed by atoms with Gasteiger partial charge in [-0.15, -0.1) is 0 Å². The number of hydrogen-bond acceptors (Lipinski definition) is 3. The van der Waals surface area contributed by atoms with Crippen molar-refractivity contribution in [1.29, 1.82) is 0 Å². The number of fused-ring (bicyclic) bond motifs is 1. The number of furan rings is 1. The molecule has 0 aliphatic heterocycles. The fourth-order valence-electron chi connectivity index (χ4n) is 1.55. The topological polar surface area (TPSA) is 39.4 Å². The number of benzene rings is 1. The maximum Gasteiger partial charge on any atom is 0.153 e. The van der Waals surface area contributed by atoms with Crippen LogP contribution in [0, 0.1) is 6.92 Å². The van der Waals surface area contributed by atoms with Crippen molar-refractivity contribution < 1.29 is 13.9 Å². The molecule has 0 spiro atoms. The van der Waals surface area contributed by atoms with Crippen LogP contribution in [0.2, 0.25) is 0 Å². The van der Waals surface area contributed by atoms with Gasteiger partial charge in [0.2, 0.25) is 0 Å². The Labute approximate surface area is 81.3 Å². The Bertz CT molecular complexity index is 482. The molecule has 0 saturated heterocycles. The average Bonchev–Trinajstić information content (AvgIpc) is 2.56. The van der Waals surface area contributed by atoms with Crippen LogP contribution in [0.3, 0.4) is 0 Å². The summed E-state index contributed by atoms with van der Waals surface area (Å²) in [6, 6.07) is 5.33. The highest BCUT2D eigenvalue weighted by atomic mass is 16.5. The molecule has 0 aliphatic carbocycles. The quantitative estimate of drug-likeness (QED) is 0.683. The van der Waals surface area contributed by atoms with Crippen molar-refractivity contribution in [2.75, 3.05) is 7.11 Å². The zero-order valence-electron chi connectivity index (χ0n) is 8.03. The lowest BCUT2D eigenvalue weighted by atomic mass is 10.1. The van der Waals surface area contributed by atoms with Gasteiger partial charge in [0, 0.05) is 0 Å². The van der Waals surface area contributed by atoms with E-state index in [0.717, 1.165) is 23.0 Å². The largest absolute Gasteiger partial charge is 0.495 e. The van der Waals surface area contributed by atoms with E-state index in [9.17, 15) is 4.79 Å². The summed E-state index contributed by atoms with van der Waals surface area (Å²) in [5.74, 6) is 1.38. The fraction of sp³-hybridized carbons (Fsp3) is 0.182. The molecule has 0 aliphatic rings. The minimum atomic E-state index is 0.542. The molecule has 0 fully saturated rings. The van der Waals surface area contributed by atoms with Gasteiger partial charge in [0.15, 0.2) is 6.29 Å². The van der Waals surface area contributed by atoms with Gasteiger partial charge < -0.3 is 9.15 Å². The van der Waals surface area contributed by atoms with E-state index in [-0.39, 0.29) is 0 Å². The summed E-state index contributed by atoms with van der Waals surface area (Å²) in [6.07, 6.45) is 0.778. The van der Waals surface area contributed by atoms with Crippen LogP contribution in [-0.4, -0.2) is 13.4 Å². The molecule has 1 aromatic carbocycles. The highest BCUT2D eigenvalue weighted by Gasteiger charge is 2.10. The zero-order chi connectivity index (χ0) is 10.1. The zero-order valence-corrected chi connectivity index (χ0v) is 8.03. The van der Waals surface area contributed by atoms with E-state index in [1.165, 1.54) is 0 Å². The Hall–Kier alpha value is -1.77. The summed E-state index contributed by atoms with van der Waals surface area (Å²) in [5.41, 5.74) is 1.28. The number of hydrogen-bond donors (Lipinski definition) is 0. The lowest BCUT2D eigenvalue weighted by Crippen LogP contribution is -1.89. The van der Waals surface area contributed by atoms with Crippen molar-refractivity contribution in [2.24, 2.45) is 0 Å². The standard InChI is InChI=1S/C11H10O3/c1-7-5-9-10(14-7)4-3-8(6-12)11(9)13-2/h3-6H,1-2H3. The average molecular weight is 190 g/mol. The molecule has 0 saturated carbocycles. The van der Waals surface area contributed by atoms with Crippen molar-refractivity contribution in [3.63, 3.8) is 0 Å². The summed E-state index contributed by atoms with van der Waals surface area (Å²) in [4.78, 5) is 10.7. The van der Waals surface area contributed by atoms with Crippen molar-refractivity contribution in [2.45, 2.75) is 6.92 Å². The number of rotatable bonds is 2. The number of aldehydes is 1. The van der Waals surface area contributed by atoms with Crippen LogP contribution in [0.15, 0.2) is 22.6 Å². The summed E-state index contributed by atoms with van der Waals surface area (Å²) in [6.45, 7) is 1.86. The van der Waals surface area contributed by atoms with Gasteiger partial charge in [-0.05, 0) is 25.1 Å². The molecule has 72 valence electrons. The highest BCUT2D eigenvalue weighted by Crippen LogP contribution is 2.30. The minimum Gasteiger partial charge on any atom is -0.495 e. The first-order valence-corrected chi connectivity index (χ1v) is 4.28. The van der Waals surface area contributed by atoms with E-state index in [1.807, 2.05) is 13.0 Å². The van der Waals surface area contributed by atoms with Gasteiger partial charge in [0.1, 0.15) is 17.1 Å². The molecule has 0 amide bonds. The van der Waals surface area contributed by atoms with E-state index in [0.29, 0.717) is 11.3 Å². The van der Waals surface area contributed by atoms with Crippen molar-refractivity contribution >= 4 is 17.3 Å². The number of ether oxygens (including phenoxy) is 1. The third-order valence-corrected chi connectivity index (χ3v) is 2.14. The maximum atomic E-state index is 10.7. The van der Waals surface area contributed by atoms with Gasteiger partial charge in [0.05, 0.1) is 18.1 Å². The number of carbonyl (C=O) groups is 1. The van der Waals surface area contributed by atoms with E-state index in [1.54, 1.807) is 19.2 Å². The van der Waals surface area contributed by atoms with Crippen molar-refractivity contribution in [3.05, 3.63) is 29.5 Å². The van der Waals surface area contributed by atoms with Crippen LogP contribution in [0.1, 0.15) is 16.1 Å². The summed E-state index contributed by atoms with van der Waals surface area (Å²) in [5, 5.41) is 0.842. The molecule has 3 heteroatoms. The summed E-state index contributed by atoms with van der Waals surface area (Å²) < 4.78 is 10.6. The third kappa shape index (κ3) is 1.18. The second-order valence-electron chi connectivity index (χ2n) is 3.07. The molecule has 2 aromatic rings. The van der Waals surface area contributed by atoms with E-state index in [4.69, 9.17) is 9.15 Å². The van der Waals surface area contributed by atoms with Gasteiger partial charge in [-0.1, -0.05) is 0 Å². The van der Waals surface area contributed by atoms with Crippen LogP contribution in [-0.2, 0) is 0 Å². The molecule has 0 radical (unpaired) electrons. The monoisotopic (exact) mass is 190 g/mol. The highest BCUT2D eigenvalue weighted by molar-refractivity contribution is 5.94. The van der Waals surface area contributed by atoms with Crippen LogP contribution < -0.4 is 4.74 Å². The number of aryl methyl sites for hydroxylation is 1. The van der Waals surface area contributed by atoms with Crippen LogP contribution in [0.4, 0.5) is 0 Å². The molecule has 0 atom stereocenters. The summed E-state index contributed by atoms with van der Waals surface area (Å²) in [7, 11) is 1.55. The molecular formula is C11H10O3. The van der Waals surface area contributed by atoms with E-state index in [2.05, 4.69) is 0 Å². The van der Waals surface area contributed by atoms with Crippen LogP contribution in [0.25, 0.3) is 11.0 Å². The molecule has 0 bridgehead atoms. The van der Waals surface area contributed by atoms with Crippen LogP contribution in [0.5, 0.6) is 5.75 Å². The third-order valence-electron chi connectivity index (χ3n) is 2.14. The Morgan fingerprint density at radius 1 is 1.43 bits per heavy atom. The maximum absolute atomic E-state index is 10.7. The minimum absolute atomic E-state index is 0.542. The molecule has 0 N–H and O–H groups in total. The Morgan fingerprint density at radius 2 is 2.21 bits per heavy atom. The number of carbonyl (C=O) groups excluding carboxylic acids is 1. The van der Waals surface area contributed by atoms with Gasteiger partial charge in [-0.25, -0.2) is 0 Å². The predicted molar refractivity (Wildman–Crippen MR) is 52.9 cm³/mol. The molecule has 2 rings (SSSR count). The fourth-order valence-corrected chi connectivity index (χ4v) is 1.55. The van der Waals surface area contributed by atoms with Gasteiger partial charge in [-0.2, -0.15) is 0 Å². The van der Waals surface area contributed by atoms with Gasteiger partial charge in [-0.3, -0.25) is 4.79 Å². The normalized spacial score (nSPS) is 10.4. The Balaban J connectivity index is 2.82. The Morgan fingerprint density at radius 3 is 2.86 bits per heavy atom. The molecular weight excluding hydrogens is 180 g/mol. The van der Waals surface area contributed by atoms with E-state index >= 15 is 0 Å². The molecule has 0 unspecified atom stereocenters. The van der Waals surface area contributed by atoms with Gasteiger partial charge >= 0.3 is 0 Å². The number of methoxy groups -OCH3 is 1. The lowest BCUT2D eigenvalue weighted by Gasteiger charge is -2.03. The summed E-state index contributed by atoms with van der Waals surface area (Å²) >= 11 is 0. The second kappa shape index (κ2) is 3.18. The SMILES string of the molecule is COc1c(C=O)ccc2oc(C)cc12. The lowest BCUT2D eigenvalue weighted by molar-refractivity contribution is 0.112. The van der Waals surface area contributed by atoms with Crippen LogP contribution >= 0.6 is 0 Å². The van der Waals surface area contributed by atoms with Crippen molar-refractivity contribution in [3.8, 4) is 5.75 Å². The smallest absolute Gasteiger partial charge is 0.153 e. The molecule has 1 heterocycles.